The summed E-state index contributed by atoms with van der Waals surface area (Å²) in [5.41, 5.74) is 4.92. The number of nitrogens with one attached hydrogen (secondary N) is 1. The van der Waals surface area contributed by atoms with Crippen molar-refractivity contribution in [1.82, 2.24) is 4.98 Å². The minimum absolute atomic E-state index is 0.148. The zero-order chi connectivity index (χ0) is 19.9. The molecule has 0 amide bonds. The molecule has 0 aliphatic rings. The van der Waals surface area contributed by atoms with Crippen molar-refractivity contribution in [3.8, 4) is 11.8 Å². The van der Waals surface area contributed by atoms with E-state index in [4.69, 9.17) is 0 Å². The van der Waals surface area contributed by atoms with Gasteiger partial charge in [0.05, 0.1) is 10.5 Å². The Morgan fingerprint density at radius 3 is 2.29 bits per heavy atom. The highest BCUT2D eigenvalue weighted by atomic mass is 79.9. The van der Waals surface area contributed by atoms with Gasteiger partial charge in [0.25, 0.3) is 0 Å². The molecule has 0 saturated carbocycles. The predicted molar refractivity (Wildman–Crippen MR) is 116 cm³/mol. The standard InChI is InChI=1S/C24H19BrN2O/c1-15-16(2)27-22-13-19(8-10-20(15)22)24(14-26,17-6-4-3-5-7-17)18-9-11-23(28)21(25)12-18/h3-13,27-28H,1-2H3. The Labute approximate surface area is 172 Å². The Balaban J connectivity index is 2.06. The molecular weight excluding hydrogens is 412 g/mol. The summed E-state index contributed by atoms with van der Waals surface area (Å²) < 4.78 is 0.563. The number of H-pyrrole nitrogens is 1. The number of rotatable bonds is 3. The van der Waals surface area contributed by atoms with Crippen molar-refractivity contribution in [3.05, 3.63) is 99.2 Å². The molecule has 4 aromatic rings. The minimum atomic E-state index is -1.00. The number of halogens is 1. The molecule has 4 heteroatoms. The van der Waals surface area contributed by atoms with E-state index in [0.717, 1.165) is 33.3 Å². The number of phenols is 1. The Morgan fingerprint density at radius 2 is 1.61 bits per heavy atom. The molecule has 0 radical (unpaired) electrons. The van der Waals surface area contributed by atoms with Crippen LogP contribution in [0.5, 0.6) is 5.75 Å². The molecule has 0 aliphatic heterocycles. The summed E-state index contributed by atoms with van der Waals surface area (Å²) >= 11 is 3.40. The van der Waals surface area contributed by atoms with E-state index in [0.29, 0.717) is 4.47 Å². The molecule has 28 heavy (non-hydrogen) atoms. The van der Waals surface area contributed by atoms with Gasteiger partial charge in [-0.1, -0.05) is 48.5 Å². The van der Waals surface area contributed by atoms with Crippen molar-refractivity contribution >= 4 is 26.8 Å². The second-order valence-electron chi connectivity index (χ2n) is 7.03. The molecule has 2 N–H and O–H groups in total. The number of nitrogens with zero attached hydrogens (tertiary/aromatic N) is 1. The normalized spacial score (nSPS) is 13.2. The van der Waals surface area contributed by atoms with E-state index < -0.39 is 5.41 Å². The topological polar surface area (TPSA) is 59.8 Å². The minimum Gasteiger partial charge on any atom is -0.507 e. The van der Waals surface area contributed by atoms with Gasteiger partial charge in [0.2, 0.25) is 0 Å². The van der Waals surface area contributed by atoms with E-state index in [2.05, 4.69) is 53.0 Å². The van der Waals surface area contributed by atoms with Crippen molar-refractivity contribution in [2.24, 2.45) is 0 Å². The SMILES string of the molecule is Cc1[nH]c2cc(C(C#N)(c3ccccc3)c3ccc(O)c(Br)c3)ccc2c1C. The van der Waals surface area contributed by atoms with Gasteiger partial charge < -0.3 is 10.1 Å². The number of benzene rings is 3. The second kappa shape index (κ2) is 6.85. The Kier molecular flexibility index (Phi) is 4.49. The van der Waals surface area contributed by atoms with Crippen molar-refractivity contribution in [1.29, 1.82) is 5.26 Å². The Morgan fingerprint density at radius 1 is 0.929 bits per heavy atom. The van der Waals surface area contributed by atoms with E-state index in [1.54, 1.807) is 6.07 Å². The lowest BCUT2D eigenvalue weighted by atomic mass is 9.70. The Hall–Kier alpha value is -3.03. The molecule has 0 saturated heterocycles. The molecule has 1 unspecified atom stereocenters. The summed E-state index contributed by atoms with van der Waals surface area (Å²) in [6.07, 6.45) is 0. The van der Waals surface area contributed by atoms with Gasteiger partial charge in [-0.2, -0.15) is 5.26 Å². The van der Waals surface area contributed by atoms with Gasteiger partial charge in [-0.05, 0) is 70.2 Å². The predicted octanol–water partition coefficient (Wildman–Crippen LogP) is 6.11. The van der Waals surface area contributed by atoms with Crippen molar-refractivity contribution in [2.45, 2.75) is 19.3 Å². The highest BCUT2D eigenvalue weighted by molar-refractivity contribution is 9.10. The Bertz CT molecular complexity index is 1220. The van der Waals surface area contributed by atoms with Crippen molar-refractivity contribution < 1.29 is 5.11 Å². The molecule has 4 rings (SSSR count). The lowest BCUT2D eigenvalue weighted by molar-refractivity contribution is 0.471. The van der Waals surface area contributed by atoms with Crippen LogP contribution in [0.25, 0.3) is 10.9 Å². The van der Waals surface area contributed by atoms with Crippen LogP contribution in [0.3, 0.4) is 0 Å². The number of phenolic OH excluding ortho intramolecular Hbond substituents is 1. The first kappa shape index (κ1) is 18.3. The number of aryl methyl sites for hydroxylation is 2. The largest absolute Gasteiger partial charge is 0.507 e. The molecule has 3 nitrogen and oxygen atoms in total. The van der Waals surface area contributed by atoms with Gasteiger partial charge in [-0.3, -0.25) is 0 Å². The van der Waals surface area contributed by atoms with E-state index in [-0.39, 0.29) is 5.75 Å². The smallest absolute Gasteiger partial charge is 0.132 e. The molecule has 3 aromatic carbocycles. The van der Waals surface area contributed by atoms with Crippen LogP contribution < -0.4 is 0 Å². The maximum absolute atomic E-state index is 10.5. The molecule has 1 atom stereocenters. The molecule has 138 valence electrons. The van der Waals surface area contributed by atoms with E-state index in [1.165, 1.54) is 5.56 Å². The lowest BCUT2D eigenvalue weighted by Crippen LogP contribution is -2.27. The summed E-state index contributed by atoms with van der Waals surface area (Å²) in [5.74, 6) is 0.148. The number of aromatic hydroxyl groups is 1. The van der Waals surface area contributed by atoms with Crippen LogP contribution in [-0.2, 0) is 5.41 Å². The first-order chi connectivity index (χ1) is 13.5. The van der Waals surface area contributed by atoms with Gasteiger partial charge in [0.15, 0.2) is 0 Å². The number of aromatic nitrogens is 1. The third kappa shape index (κ3) is 2.71. The third-order valence-electron chi connectivity index (χ3n) is 5.50. The van der Waals surface area contributed by atoms with Gasteiger partial charge in [-0.25, -0.2) is 0 Å². The summed E-state index contributed by atoms with van der Waals surface area (Å²) in [7, 11) is 0. The van der Waals surface area contributed by atoms with Crippen LogP contribution in [0.1, 0.15) is 27.9 Å². The van der Waals surface area contributed by atoms with Crippen molar-refractivity contribution in [2.75, 3.05) is 0 Å². The zero-order valence-electron chi connectivity index (χ0n) is 15.6. The van der Waals surface area contributed by atoms with Crippen LogP contribution in [-0.4, -0.2) is 10.1 Å². The average molecular weight is 431 g/mol. The monoisotopic (exact) mass is 430 g/mol. The molecule has 1 heterocycles. The number of fused-ring (bicyclic) bond motifs is 1. The summed E-state index contributed by atoms with van der Waals surface area (Å²) in [4.78, 5) is 3.43. The van der Waals surface area contributed by atoms with Crippen LogP contribution >= 0.6 is 15.9 Å². The summed E-state index contributed by atoms with van der Waals surface area (Å²) in [6.45, 7) is 4.15. The van der Waals surface area contributed by atoms with E-state index >= 15 is 0 Å². The average Bonchev–Trinajstić information content (AvgIpc) is 3.00. The highest BCUT2D eigenvalue weighted by Crippen LogP contribution is 2.42. The molecule has 0 fully saturated rings. The van der Waals surface area contributed by atoms with E-state index in [9.17, 15) is 10.4 Å². The van der Waals surface area contributed by atoms with Gasteiger partial charge in [-0.15, -0.1) is 0 Å². The number of aromatic amines is 1. The molecule has 1 aromatic heterocycles. The number of nitriles is 1. The number of hydrogen-bond donors (Lipinski definition) is 2. The van der Waals surface area contributed by atoms with Gasteiger partial charge in [0, 0.05) is 16.6 Å². The van der Waals surface area contributed by atoms with Crippen LogP contribution in [0.4, 0.5) is 0 Å². The fraction of sp³-hybridized carbons (Fsp3) is 0.125. The molecule has 0 bridgehead atoms. The van der Waals surface area contributed by atoms with Gasteiger partial charge in [0.1, 0.15) is 11.2 Å². The lowest BCUT2D eigenvalue weighted by Gasteiger charge is -2.29. The zero-order valence-corrected chi connectivity index (χ0v) is 17.2. The van der Waals surface area contributed by atoms with Crippen LogP contribution in [0.15, 0.2) is 71.2 Å². The van der Waals surface area contributed by atoms with Crippen molar-refractivity contribution in [3.63, 3.8) is 0 Å². The first-order valence-corrected chi connectivity index (χ1v) is 9.82. The van der Waals surface area contributed by atoms with Crippen LogP contribution in [0.2, 0.25) is 0 Å². The maximum atomic E-state index is 10.5. The third-order valence-corrected chi connectivity index (χ3v) is 6.13. The fourth-order valence-corrected chi connectivity index (χ4v) is 4.21. The second-order valence-corrected chi connectivity index (χ2v) is 7.88. The summed E-state index contributed by atoms with van der Waals surface area (Å²) in [6, 6.07) is 23.8. The molecular formula is C24H19BrN2O. The first-order valence-electron chi connectivity index (χ1n) is 9.02. The highest BCUT2D eigenvalue weighted by Gasteiger charge is 2.37. The van der Waals surface area contributed by atoms with E-state index in [1.807, 2.05) is 48.5 Å². The quantitative estimate of drug-likeness (QED) is 0.385. The molecule has 0 spiro atoms. The maximum Gasteiger partial charge on any atom is 0.132 e. The fourth-order valence-electron chi connectivity index (χ4n) is 3.83. The number of hydrogen-bond acceptors (Lipinski definition) is 2. The van der Waals surface area contributed by atoms with Gasteiger partial charge >= 0.3 is 0 Å². The summed E-state index contributed by atoms with van der Waals surface area (Å²) in [5, 5.41) is 21.6. The molecule has 0 aliphatic carbocycles. The van der Waals surface area contributed by atoms with Crippen LogP contribution in [0, 0.1) is 25.2 Å².